The van der Waals surface area contributed by atoms with Gasteiger partial charge in [-0.25, -0.2) is 0 Å². The van der Waals surface area contributed by atoms with Gasteiger partial charge >= 0.3 is 0 Å². The third-order valence-electron chi connectivity index (χ3n) is 4.62. The molecule has 0 spiro atoms. The Kier molecular flexibility index (Phi) is 3.48. The Bertz CT molecular complexity index is 518. The third kappa shape index (κ3) is 2.55. The fourth-order valence-corrected chi connectivity index (χ4v) is 3.66. The first kappa shape index (κ1) is 13.5. The van der Waals surface area contributed by atoms with Crippen LogP contribution in [0, 0.1) is 28.9 Å². The maximum absolute atomic E-state index is 11.0. The lowest BCUT2D eigenvalue weighted by Crippen LogP contribution is -2.26. The van der Waals surface area contributed by atoms with E-state index in [0.717, 1.165) is 42.6 Å². The molecule has 0 amide bonds. The minimum atomic E-state index is -0.285. The molecule has 1 aromatic carbocycles. The van der Waals surface area contributed by atoms with Crippen molar-refractivity contribution in [1.82, 2.24) is 9.80 Å². The van der Waals surface area contributed by atoms with Crippen molar-refractivity contribution in [3.63, 3.8) is 0 Å². The predicted molar refractivity (Wildman–Crippen MR) is 77.6 cm³/mol. The van der Waals surface area contributed by atoms with E-state index in [-0.39, 0.29) is 10.6 Å². The van der Waals surface area contributed by atoms with Crippen LogP contribution in [-0.4, -0.2) is 47.9 Å². The molecule has 2 fully saturated rings. The lowest BCUT2D eigenvalue weighted by molar-refractivity contribution is -0.385. The molecule has 5 nitrogen and oxygen atoms in total. The molecule has 1 aromatic rings. The number of fused-ring (bicyclic) bond motifs is 1. The van der Waals surface area contributed by atoms with Crippen LogP contribution in [0.1, 0.15) is 11.1 Å². The van der Waals surface area contributed by atoms with Gasteiger partial charge in [0.05, 0.1) is 4.92 Å². The van der Waals surface area contributed by atoms with Gasteiger partial charge in [-0.1, -0.05) is 12.1 Å². The van der Waals surface area contributed by atoms with E-state index in [1.165, 1.54) is 13.1 Å². The molecule has 0 radical (unpaired) electrons. The van der Waals surface area contributed by atoms with E-state index in [1.54, 1.807) is 13.0 Å². The summed E-state index contributed by atoms with van der Waals surface area (Å²) < 4.78 is 0. The SMILES string of the molecule is Cc1ccc(CN2C[C@H]3CN(C)C[C@@H]3C2)cc1[N+](=O)[O-]. The van der Waals surface area contributed by atoms with Gasteiger partial charge in [-0.05, 0) is 31.4 Å². The van der Waals surface area contributed by atoms with Crippen LogP contribution in [0.4, 0.5) is 5.69 Å². The van der Waals surface area contributed by atoms with Crippen molar-refractivity contribution in [2.24, 2.45) is 11.8 Å². The Morgan fingerprint density at radius 2 is 1.90 bits per heavy atom. The number of nitrogens with zero attached hydrogens (tertiary/aromatic N) is 3. The molecule has 0 saturated carbocycles. The summed E-state index contributed by atoms with van der Waals surface area (Å²) in [5, 5.41) is 11.0. The second-order valence-electron chi connectivity index (χ2n) is 6.31. The van der Waals surface area contributed by atoms with Crippen LogP contribution in [0.25, 0.3) is 0 Å². The molecule has 20 heavy (non-hydrogen) atoms. The Labute approximate surface area is 119 Å². The highest BCUT2D eigenvalue weighted by atomic mass is 16.6. The molecule has 0 unspecified atom stereocenters. The van der Waals surface area contributed by atoms with Crippen LogP contribution in [0.5, 0.6) is 0 Å². The quantitative estimate of drug-likeness (QED) is 0.624. The van der Waals surface area contributed by atoms with E-state index in [1.807, 2.05) is 12.1 Å². The minimum Gasteiger partial charge on any atom is -0.306 e. The summed E-state index contributed by atoms with van der Waals surface area (Å²) in [4.78, 5) is 15.6. The fraction of sp³-hybridized carbons (Fsp3) is 0.600. The summed E-state index contributed by atoms with van der Waals surface area (Å²) in [5.41, 5.74) is 2.02. The molecule has 0 aromatic heterocycles. The van der Waals surface area contributed by atoms with Gasteiger partial charge in [0.15, 0.2) is 0 Å². The van der Waals surface area contributed by atoms with Gasteiger partial charge in [0.1, 0.15) is 0 Å². The van der Waals surface area contributed by atoms with Crippen molar-refractivity contribution in [3.8, 4) is 0 Å². The highest BCUT2D eigenvalue weighted by molar-refractivity contribution is 5.42. The van der Waals surface area contributed by atoms with Crippen molar-refractivity contribution in [2.75, 3.05) is 33.2 Å². The van der Waals surface area contributed by atoms with Gasteiger partial charge in [-0.15, -0.1) is 0 Å². The van der Waals surface area contributed by atoms with E-state index in [0.29, 0.717) is 0 Å². The average Bonchev–Trinajstić information content (AvgIpc) is 2.87. The van der Waals surface area contributed by atoms with Crippen LogP contribution in [0.3, 0.4) is 0 Å². The monoisotopic (exact) mass is 275 g/mol. The molecule has 0 bridgehead atoms. The Hall–Kier alpha value is -1.46. The largest absolute Gasteiger partial charge is 0.306 e. The first-order valence-electron chi connectivity index (χ1n) is 7.18. The van der Waals surface area contributed by atoms with Gasteiger partial charge in [0.25, 0.3) is 5.69 Å². The first-order chi connectivity index (χ1) is 9.52. The van der Waals surface area contributed by atoms with E-state index in [4.69, 9.17) is 0 Å². The number of rotatable bonds is 3. The van der Waals surface area contributed by atoms with E-state index in [9.17, 15) is 10.1 Å². The maximum Gasteiger partial charge on any atom is 0.272 e. The zero-order valence-corrected chi connectivity index (χ0v) is 12.1. The lowest BCUT2D eigenvalue weighted by Gasteiger charge is -2.19. The van der Waals surface area contributed by atoms with Gasteiger partial charge in [0, 0.05) is 44.4 Å². The Morgan fingerprint density at radius 1 is 1.25 bits per heavy atom. The number of hydrogen-bond donors (Lipinski definition) is 0. The van der Waals surface area contributed by atoms with Gasteiger partial charge in [-0.2, -0.15) is 0 Å². The van der Waals surface area contributed by atoms with Crippen molar-refractivity contribution in [3.05, 3.63) is 39.4 Å². The number of aryl methyl sites for hydroxylation is 1. The highest BCUT2D eigenvalue weighted by Gasteiger charge is 2.38. The molecule has 2 aliphatic rings. The molecule has 0 aliphatic carbocycles. The third-order valence-corrected chi connectivity index (χ3v) is 4.62. The second kappa shape index (κ2) is 5.14. The standard InChI is InChI=1S/C15H21N3O2/c1-11-3-4-12(5-15(11)18(19)20)6-17-9-13-7-16(2)8-14(13)10-17/h3-5,13-14H,6-10H2,1-2H3/t13-,14-/m1/s1. The summed E-state index contributed by atoms with van der Waals surface area (Å²) in [6.07, 6.45) is 0. The topological polar surface area (TPSA) is 49.6 Å². The molecule has 2 atom stereocenters. The molecule has 3 rings (SSSR count). The van der Waals surface area contributed by atoms with Crippen LogP contribution in [0.15, 0.2) is 18.2 Å². The summed E-state index contributed by atoms with van der Waals surface area (Å²) in [6, 6.07) is 5.61. The van der Waals surface area contributed by atoms with E-state index < -0.39 is 0 Å². The number of nitro benzene ring substituents is 1. The number of likely N-dealkylation sites (tertiary alicyclic amines) is 2. The molecule has 5 heteroatoms. The number of nitro groups is 1. The fourth-order valence-electron chi connectivity index (χ4n) is 3.66. The van der Waals surface area contributed by atoms with Gasteiger partial charge in [0.2, 0.25) is 0 Å². The molecule has 2 heterocycles. The summed E-state index contributed by atoms with van der Waals surface area (Å²) in [5.74, 6) is 1.56. The maximum atomic E-state index is 11.0. The molecule has 2 aliphatic heterocycles. The molecule has 0 N–H and O–H groups in total. The summed E-state index contributed by atoms with van der Waals surface area (Å²) >= 11 is 0. The molecular formula is C15H21N3O2. The van der Waals surface area contributed by atoms with Gasteiger partial charge in [-0.3, -0.25) is 15.0 Å². The smallest absolute Gasteiger partial charge is 0.272 e. The zero-order chi connectivity index (χ0) is 14.3. The van der Waals surface area contributed by atoms with Crippen molar-refractivity contribution < 1.29 is 4.92 Å². The Balaban J connectivity index is 1.68. The summed E-state index contributed by atoms with van der Waals surface area (Å²) in [6.45, 7) is 7.24. The van der Waals surface area contributed by atoms with Crippen molar-refractivity contribution in [1.29, 1.82) is 0 Å². The van der Waals surface area contributed by atoms with Gasteiger partial charge < -0.3 is 4.90 Å². The number of benzene rings is 1. The first-order valence-corrected chi connectivity index (χ1v) is 7.18. The molecule has 2 saturated heterocycles. The van der Waals surface area contributed by atoms with Crippen LogP contribution in [0.2, 0.25) is 0 Å². The number of hydrogen-bond acceptors (Lipinski definition) is 4. The van der Waals surface area contributed by atoms with Crippen LogP contribution in [-0.2, 0) is 6.54 Å². The minimum absolute atomic E-state index is 0.238. The van der Waals surface area contributed by atoms with Crippen LogP contribution >= 0.6 is 0 Å². The van der Waals surface area contributed by atoms with E-state index in [2.05, 4.69) is 16.8 Å². The zero-order valence-electron chi connectivity index (χ0n) is 12.1. The lowest BCUT2D eigenvalue weighted by atomic mass is 10.0. The van der Waals surface area contributed by atoms with Crippen molar-refractivity contribution >= 4 is 5.69 Å². The Morgan fingerprint density at radius 3 is 2.50 bits per heavy atom. The summed E-state index contributed by atoms with van der Waals surface area (Å²) in [7, 11) is 2.19. The van der Waals surface area contributed by atoms with E-state index >= 15 is 0 Å². The molecule has 108 valence electrons. The predicted octanol–water partition coefficient (Wildman–Crippen LogP) is 1.90. The molecular weight excluding hydrogens is 254 g/mol. The second-order valence-corrected chi connectivity index (χ2v) is 6.31. The van der Waals surface area contributed by atoms with Crippen LogP contribution < -0.4 is 0 Å². The normalized spacial score (nSPS) is 26.9. The average molecular weight is 275 g/mol. The highest BCUT2D eigenvalue weighted by Crippen LogP contribution is 2.31. The van der Waals surface area contributed by atoms with Crippen molar-refractivity contribution in [2.45, 2.75) is 13.5 Å².